The Balaban J connectivity index is 1.14. The van der Waals surface area contributed by atoms with Gasteiger partial charge in [0.25, 0.3) is 0 Å². The second-order valence-electron chi connectivity index (χ2n) is 8.24. The van der Waals surface area contributed by atoms with E-state index in [2.05, 4.69) is 14.8 Å². The summed E-state index contributed by atoms with van der Waals surface area (Å²) in [6, 6.07) is 14.2. The van der Waals surface area contributed by atoms with E-state index in [1.807, 2.05) is 30.5 Å². The first-order valence-corrected chi connectivity index (χ1v) is 10.9. The van der Waals surface area contributed by atoms with E-state index in [0.29, 0.717) is 5.58 Å². The zero-order valence-corrected chi connectivity index (χ0v) is 17.4. The molecule has 31 heavy (non-hydrogen) atoms. The summed E-state index contributed by atoms with van der Waals surface area (Å²) < 4.78 is 18.9. The van der Waals surface area contributed by atoms with Crippen LogP contribution in [0.5, 0.6) is 0 Å². The lowest BCUT2D eigenvalue weighted by Crippen LogP contribution is -2.46. The van der Waals surface area contributed by atoms with Crippen molar-refractivity contribution in [3.8, 4) is 0 Å². The number of aryl methyl sites for hydroxylation is 1. The summed E-state index contributed by atoms with van der Waals surface area (Å²) in [4.78, 5) is 20.0. The van der Waals surface area contributed by atoms with Crippen LogP contribution in [0.3, 0.4) is 0 Å². The Kier molecular flexibility index (Phi) is 5.47. The van der Waals surface area contributed by atoms with E-state index in [1.165, 1.54) is 11.6 Å². The molecule has 0 aliphatic carbocycles. The molecule has 0 saturated carbocycles. The summed E-state index contributed by atoms with van der Waals surface area (Å²) in [7, 11) is 0. The maximum absolute atomic E-state index is 13.5. The van der Waals surface area contributed by atoms with Gasteiger partial charge in [0.1, 0.15) is 11.4 Å². The largest absolute Gasteiger partial charge is 0.423 e. The Bertz CT molecular complexity index is 1250. The van der Waals surface area contributed by atoms with Crippen LogP contribution in [0.15, 0.2) is 63.9 Å². The van der Waals surface area contributed by atoms with Crippen LogP contribution in [-0.2, 0) is 6.42 Å². The molecule has 1 fully saturated rings. The van der Waals surface area contributed by atoms with Gasteiger partial charge in [0, 0.05) is 54.7 Å². The van der Waals surface area contributed by atoms with Crippen LogP contribution in [0.4, 0.5) is 10.1 Å². The first kappa shape index (κ1) is 19.8. The summed E-state index contributed by atoms with van der Waals surface area (Å²) in [6.07, 6.45) is 5.15. The third kappa shape index (κ3) is 4.21. The van der Waals surface area contributed by atoms with E-state index in [-0.39, 0.29) is 11.4 Å². The Labute approximate surface area is 180 Å². The zero-order valence-electron chi connectivity index (χ0n) is 17.4. The molecular formula is C25H26FN3O2. The van der Waals surface area contributed by atoms with E-state index in [4.69, 9.17) is 4.42 Å². The normalized spacial score (nSPS) is 15.2. The molecule has 0 unspecified atom stereocenters. The Hall–Kier alpha value is -3.12. The maximum atomic E-state index is 13.5. The molecule has 160 valence electrons. The summed E-state index contributed by atoms with van der Waals surface area (Å²) in [5, 5.41) is 1.99. The number of anilines is 1. The highest BCUT2D eigenvalue weighted by atomic mass is 19.1. The average Bonchev–Trinajstić information content (AvgIpc) is 3.18. The second kappa shape index (κ2) is 8.55. The van der Waals surface area contributed by atoms with Crippen molar-refractivity contribution in [2.24, 2.45) is 0 Å². The van der Waals surface area contributed by atoms with Crippen LogP contribution < -0.4 is 10.5 Å². The number of rotatable bonds is 6. The third-order valence-electron chi connectivity index (χ3n) is 6.24. The second-order valence-corrected chi connectivity index (χ2v) is 8.24. The monoisotopic (exact) mass is 419 g/mol. The number of para-hydroxylation sites is 1. The Morgan fingerprint density at radius 3 is 2.68 bits per heavy atom. The minimum atomic E-state index is -0.298. The smallest absolute Gasteiger partial charge is 0.338 e. The van der Waals surface area contributed by atoms with Gasteiger partial charge in [-0.15, -0.1) is 0 Å². The maximum Gasteiger partial charge on any atom is 0.338 e. The number of fused-ring (bicyclic) bond motifs is 2. The van der Waals surface area contributed by atoms with Crippen LogP contribution >= 0.6 is 0 Å². The third-order valence-corrected chi connectivity index (χ3v) is 6.24. The molecule has 0 spiro atoms. The van der Waals surface area contributed by atoms with Crippen LogP contribution in [-0.4, -0.2) is 42.6 Å². The fourth-order valence-corrected chi connectivity index (χ4v) is 4.58. The molecule has 1 aliphatic rings. The van der Waals surface area contributed by atoms with Crippen molar-refractivity contribution in [3.05, 3.63) is 76.5 Å². The van der Waals surface area contributed by atoms with Crippen LogP contribution in [0.2, 0.25) is 0 Å². The molecule has 0 bridgehead atoms. The molecular weight excluding hydrogens is 393 g/mol. The lowest BCUT2D eigenvalue weighted by Gasteiger charge is -2.36. The number of H-pyrrole nitrogens is 1. The van der Waals surface area contributed by atoms with Gasteiger partial charge in [0.15, 0.2) is 0 Å². The highest BCUT2D eigenvalue weighted by molar-refractivity contribution is 5.90. The van der Waals surface area contributed by atoms with Crippen molar-refractivity contribution in [1.82, 2.24) is 9.88 Å². The topological polar surface area (TPSA) is 52.5 Å². The molecule has 5 nitrogen and oxygen atoms in total. The molecule has 0 amide bonds. The molecule has 5 rings (SSSR count). The number of hydrogen-bond donors (Lipinski definition) is 1. The summed E-state index contributed by atoms with van der Waals surface area (Å²) in [6.45, 7) is 4.81. The lowest BCUT2D eigenvalue weighted by molar-refractivity contribution is 0.253. The zero-order chi connectivity index (χ0) is 21.2. The van der Waals surface area contributed by atoms with Gasteiger partial charge in [-0.3, -0.25) is 4.90 Å². The van der Waals surface area contributed by atoms with Gasteiger partial charge >= 0.3 is 5.63 Å². The van der Waals surface area contributed by atoms with Gasteiger partial charge in [-0.1, -0.05) is 12.1 Å². The number of unbranched alkanes of at least 4 members (excludes halogenated alkanes) is 1. The van der Waals surface area contributed by atoms with Crippen LogP contribution in [0.1, 0.15) is 18.4 Å². The van der Waals surface area contributed by atoms with Crippen molar-refractivity contribution in [2.75, 3.05) is 37.6 Å². The Morgan fingerprint density at radius 1 is 0.968 bits per heavy atom. The molecule has 0 radical (unpaired) electrons. The fraction of sp³-hybridized carbons (Fsp3) is 0.320. The quantitative estimate of drug-likeness (QED) is 0.368. The fourth-order valence-electron chi connectivity index (χ4n) is 4.58. The van der Waals surface area contributed by atoms with Crippen LogP contribution in [0, 0.1) is 5.82 Å². The average molecular weight is 420 g/mol. The van der Waals surface area contributed by atoms with Crippen molar-refractivity contribution >= 4 is 27.6 Å². The van der Waals surface area contributed by atoms with E-state index in [1.54, 1.807) is 18.2 Å². The highest BCUT2D eigenvalue weighted by Crippen LogP contribution is 2.26. The SMILES string of the molecule is O=c1cc(N2CCN(CCCCc3c[nH]c4ccc(F)cc34)CC2)c2ccccc2o1. The van der Waals surface area contributed by atoms with Crippen LogP contribution in [0.25, 0.3) is 21.9 Å². The standard InChI is InChI=1S/C25H26FN3O2/c26-19-8-9-22-21(15-19)18(17-27-22)5-3-4-10-28-11-13-29(14-12-28)23-16-25(30)31-24-7-2-1-6-20(23)24/h1-2,6-9,15-17,27H,3-5,10-14H2. The molecule has 6 heteroatoms. The van der Waals surface area contributed by atoms with Gasteiger partial charge in [0.05, 0.1) is 5.69 Å². The van der Waals surface area contributed by atoms with E-state index < -0.39 is 0 Å². The predicted octanol–water partition coefficient (Wildman–Crippen LogP) is 4.56. The number of nitrogens with one attached hydrogen (secondary N) is 1. The first-order valence-electron chi connectivity index (χ1n) is 10.9. The summed E-state index contributed by atoms with van der Waals surface area (Å²) in [5.41, 5.74) is 3.50. The molecule has 1 N–H and O–H groups in total. The van der Waals surface area contributed by atoms with Crippen molar-refractivity contribution in [2.45, 2.75) is 19.3 Å². The molecule has 1 saturated heterocycles. The molecule has 0 atom stereocenters. The number of nitrogens with zero attached hydrogens (tertiary/aromatic N) is 2. The minimum Gasteiger partial charge on any atom is -0.423 e. The lowest BCUT2D eigenvalue weighted by atomic mass is 10.1. The first-order chi connectivity index (χ1) is 15.2. The van der Waals surface area contributed by atoms with Crippen molar-refractivity contribution in [1.29, 1.82) is 0 Å². The molecule has 2 aromatic heterocycles. The predicted molar refractivity (Wildman–Crippen MR) is 122 cm³/mol. The van der Waals surface area contributed by atoms with E-state index in [9.17, 15) is 9.18 Å². The summed E-state index contributed by atoms with van der Waals surface area (Å²) in [5.74, 6) is -0.185. The number of aromatic nitrogens is 1. The number of hydrogen-bond acceptors (Lipinski definition) is 4. The van der Waals surface area contributed by atoms with Gasteiger partial charge in [-0.05, 0) is 61.7 Å². The van der Waals surface area contributed by atoms with Gasteiger partial charge in [-0.25, -0.2) is 9.18 Å². The van der Waals surface area contributed by atoms with Gasteiger partial charge in [-0.2, -0.15) is 0 Å². The molecule has 2 aromatic carbocycles. The summed E-state index contributed by atoms with van der Waals surface area (Å²) >= 11 is 0. The van der Waals surface area contributed by atoms with E-state index in [0.717, 1.165) is 74.0 Å². The highest BCUT2D eigenvalue weighted by Gasteiger charge is 2.19. The van der Waals surface area contributed by atoms with Crippen molar-refractivity contribution < 1.29 is 8.81 Å². The van der Waals surface area contributed by atoms with Gasteiger partial charge < -0.3 is 14.3 Å². The molecule has 4 aromatic rings. The number of piperazine rings is 1. The number of aromatic amines is 1. The number of halogens is 1. The molecule has 3 heterocycles. The molecule has 1 aliphatic heterocycles. The van der Waals surface area contributed by atoms with Gasteiger partial charge in [0.2, 0.25) is 0 Å². The number of benzene rings is 2. The minimum absolute atomic E-state index is 0.185. The van der Waals surface area contributed by atoms with E-state index >= 15 is 0 Å². The Morgan fingerprint density at radius 2 is 1.81 bits per heavy atom. The van der Waals surface area contributed by atoms with Crippen molar-refractivity contribution in [3.63, 3.8) is 0 Å².